The molecule has 1 atom stereocenters. The Morgan fingerprint density at radius 1 is 1.38 bits per heavy atom. The number of nitrogens with zero attached hydrogens (tertiary/aromatic N) is 2. The molecule has 0 saturated carbocycles. The van der Waals surface area contributed by atoms with Gasteiger partial charge in [-0.25, -0.2) is 4.68 Å². The molecule has 1 heterocycles. The van der Waals surface area contributed by atoms with Crippen LogP contribution in [0.4, 0.5) is 0 Å². The van der Waals surface area contributed by atoms with E-state index in [4.69, 9.17) is 5.11 Å². The third-order valence-corrected chi connectivity index (χ3v) is 3.45. The first-order valence-electron chi connectivity index (χ1n) is 6.85. The molecule has 1 aromatic heterocycles. The molecule has 0 aliphatic heterocycles. The van der Waals surface area contributed by atoms with Crippen LogP contribution in [0.3, 0.4) is 0 Å². The van der Waals surface area contributed by atoms with Crippen LogP contribution in [0, 0.1) is 19.8 Å². The fourth-order valence-electron chi connectivity index (χ4n) is 2.08. The zero-order chi connectivity index (χ0) is 16.2. The highest BCUT2D eigenvalue weighted by molar-refractivity contribution is 5.95. The van der Waals surface area contributed by atoms with Crippen LogP contribution < -0.4 is 10.9 Å². The van der Waals surface area contributed by atoms with Crippen LogP contribution in [0.2, 0.25) is 0 Å². The van der Waals surface area contributed by atoms with Crippen LogP contribution >= 0.6 is 0 Å². The van der Waals surface area contributed by atoms with Gasteiger partial charge in [0.1, 0.15) is 5.56 Å². The van der Waals surface area contributed by atoms with Crippen LogP contribution in [-0.4, -0.2) is 33.3 Å². The fourth-order valence-corrected chi connectivity index (χ4v) is 2.08. The second kappa shape index (κ2) is 7.01. The summed E-state index contributed by atoms with van der Waals surface area (Å²) in [5.74, 6) is -2.15. The van der Waals surface area contributed by atoms with Gasteiger partial charge in [0.05, 0.1) is 11.6 Å². The second-order valence-electron chi connectivity index (χ2n) is 5.05. The molecule has 0 fully saturated rings. The molecule has 0 spiro atoms. The van der Waals surface area contributed by atoms with E-state index in [-0.39, 0.29) is 12.1 Å². The molecule has 0 saturated heterocycles. The number of hydrogen-bond acceptors (Lipinski definition) is 4. The Morgan fingerprint density at radius 2 is 2.00 bits per heavy atom. The molecule has 1 amide bonds. The Labute approximate surface area is 123 Å². The Balaban J connectivity index is 2.95. The number of hydrogen-bond donors (Lipinski definition) is 2. The Morgan fingerprint density at radius 3 is 2.52 bits per heavy atom. The number of rotatable bonds is 6. The van der Waals surface area contributed by atoms with Crippen LogP contribution in [0.15, 0.2) is 4.79 Å². The summed E-state index contributed by atoms with van der Waals surface area (Å²) in [4.78, 5) is 35.2. The van der Waals surface area contributed by atoms with Gasteiger partial charge in [0.2, 0.25) is 0 Å². The minimum Gasteiger partial charge on any atom is -0.481 e. The number of aryl methyl sites for hydroxylation is 2. The third kappa shape index (κ3) is 3.90. The van der Waals surface area contributed by atoms with Crippen molar-refractivity contribution in [3.63, 3.8) is 0 Å². The first-order chi connectivity index (χ1) is 9.79. The molecule has 0 radical (unpaired) electrons. The number of nitrogens with one attached hydrogen (secondary N) is 1. The van der Waals surface area contributed by atoms with Crippen molar-refractivity contribution < 1.29 is 14.7 Å². The predicted molar refractivity (Wildman–Crippen MR) is 77.3 cm³/mol. The summed E-state index contributed by atoms with van der Waals surface area (Å²) >= 11 is 0. The highest BCUT2D eigenvalue weighted by Crippen LogP contribution is 2.08. The predicted octanol–water partition coefficient (Wildman–Crippen LogP) is 0.628. The van der Waals surface area contributed by atoms with E-state index in [2.05, 4.69) is 10.4 Å². The third-order valence-electron chi connectivity index (χ3n) is 3.45. The topological polar surface area (TPSA) is 101 Å². The Hall–Kier alpha value is -2.18. The van der Waals surface area contributed by atoms with Crippen molar-refractivity contribution >= 4 is 11.9 Å². The van der Waals surface area contributed by atoms with Crippen LogP contribution in [0.5, 0.6) is 0 Å². The summed E-state index contributed by atoms with van der Waals surface area (Å²) in [6.45, 7) is 5.25. The summed E-state index contributed by atoms with van der Waals surface area (Å²) in [6.07, 6.45) is 1.18. The zero-order valence-corrected chi connectivity index (χ0v) is 12.8. The van der Waals surface area contributed by atoms with Crippen molar-refractivity contribution in [3.05, 3.63) is 27.2 Å². The second-order valence-corrected chi connectivity index (χ2v) is 5.05. The molecule has 0 aromatic carbocycles. The summed E-state index contributed by atoms with van der Waals surface area (Å²) in [6, 6.07) is 0. The monoisotopic (exact) mass is 295 g/mol. The van der Waals surface area contributed by atoms with Gasteiger partial charge in [-0.05, 0) is 25.8 Å². The molecular weight excluding hydrogens is 274 g/mol. The largest absolute Gasteiger partial charge is 0.481 e. The molecule has 21 heavy (non-hydrogen) atoms. The van der Waals surface area contributed by atoms with E-state index in [0.717, 1.165) is 4.68 Å². The van der Waals surface area contributed by atoms with Crippen molar-refractivity contribution in [2.45, 2.75) is 33.6 Å². The first-order valence-corrected chi connectivity index (χ1v) is 6.85. The van der Waals surface area contributed by atoms with Crippen LogP contribution in [0.25, 0.3) is 0 Å². The molecule has 0 bridgehead atoms. The minimum absolute atomic E-state index is 0.00592. The summed E-state index contributed by atoms with van der Waals surface area (Å²) < 4.78 is 1.11. The highest BCUT2D eigenvalue weighted by Gasteiger charge is 2.21. The average molecular weight is 295 g/mol. The highest BCUT2D eigenvalue weighted by atomic mass is 16.4. The number of aliphatic carboxylic acids is 1. The Kier molecular flexibility index (Phi) is 5.63. The molecule has 7 nitrogen and oxygen atoms in total. The van der Waals surface area contributed by atoms with E-state index in [1.165, 1.54) is 7.05 Å². The van der Waals surface area contributed by atoms with Crippen LogP contribution in [0.1, 0.15) is 41.4 Å². The first kappa shape index (κ1) is 16.9. The van der Waals surface area contributed by atoms with E-state index in [9.17, 15) is 14.4 Å². The van der Waals surface area contributed by atoms with Gasteiger partial charge in [-0.1, -0.05) is 13.3 Å². The number of carbonyl (C=O) groups is 2. The molecule has 1 aromatic rings. The van der Waals surface area contributed by atoms with Crippen LogP contribution in [-0.2, 0) is 11.8 Å². The van der Waals surface area contributed by atoms with Gasteiger partial charge >= 0.3 is 5.97 Å². The van der Waals surface area contributed by atoms with Gasteiger partial charge in [-0.3, -0.25) is 14.4 Å². The maximum atomic E-state index is 12.2. The van der Waals surface area contributed by atoms with Crippen molar-refractivity contribution in [3.8, 4) is 0 Å². The molecule has 2 N–H and O–H groups in total. The lowest BCUT2D eigenvalue weighted by Gasteiger charge is -2.14. The molecular formula is C14H21N3O4. The van der Waals surface area contributed by atoms with E-state index < -0.39 is 23.4 Å². The Bertz CT molecular complexity index is 607. The van der Waals surface area contributed by atoms with Gasteiger partial charge < -0.3 is 10.4 Å². The van der Waals surface area contributed by atoms with E-state index in [0.29, 0.717) is 24.1 Å². The van der Waals surface area contributed by atoms with Gasteiger partial charge in [-0.2, -0.15) is 5.10 Å². The SMILES string of the molecule is CCCC(CNC(=O)c1c(C)c(C)nn(C)c1=O)C(=O)O. The lowest BCUT2D eigenvalue weighted by atomic mass is 10.0. The average Bonchev–Trinajstić information content (AvgIpc) is 2.41. The standard InChI is InChI=1S/C14H21N3O4/c1-5-6-10(14(20)21)7-15-12(18)11-8(2)9(3)16-17(4)13(11)19/h10H,5-7H2,1-4H3,(H,15,18)(H,20,21). The van der Waals surface area contributed by atoms with Gasteiger partial charge in [0, 0.05) is 13.6 Å². The lowest BCUT2D eigenvalue weighted by molar-refractivity contribution is -0.141. The number of amides is 1. The molecule has 116 valence electrons. The van der Waals surface area contributed by atoms with Gasteiger partial charge in [0.15, 0.2) is 0 Å². The fraction of sp³-hybridized carbons (Fsp3) is 0.571. The molecule has 1 rings (SSSR count). The van der Waals surface area contributed by atoms with E-state index >= 15 is 0 Å². The van der Waals surface area contributed by atoms with Crippen molar-refractivity contribution in [1.29, 1.82) is 0 Å². The lowest BCUT2D eigenvalue weighted by Crippen LogP contribution is -2.38. The maximum Gasteiger partial charge on any atom is 0.308 e. The summed E-state index contributed by atoms with van der Waals surface area (Å²) in [5.41, 5.74) is 0.632. The number of carbonyl (C=O) groups excluding carboxylic acids is 1. The smallest absolute Gasteiger partial charge is 0.308 e. The van der Waals surface area contributed by atoms with Crippen molar-refractivity contribution in [1.82, 2.24) is 15.1 Å². The molecule has 0 aliphatic rings. The van der Waals surface area contributed by atoms with Gasteiger partial charge in [-0.15, -0.1) is 0 Å². The van der Waals surface area contributed by atoms with E-state index in [1.807, 2.05) is 6.92 Å². The molecule has 1 unspecified atom stereocenters. The minimum atomic E-state index is -0.951. The summed E-state index contributed by atoms with van der Waals surface area (Å²) in [5, 5.41) is 15.6. The number of carboxylic acid groups (broad SMARTS) is 1. The number of carboxylic acids is 1. The zero-order valence-electron chi connectivity index (χ0n) is 12.8. The summed E-state index contributed by atoms with van der Waals surface area (Å²) in [7, 11) is 1.47. The van der Waals surface area contributed by atoms with E-state index in [1.54, 1.807) is 13.8 Å². The maximum absolute atomic E-state index is 12.2. The van der Waals surface area contributed by atoms with Gasteiger partial charge in [0.25, 0.3) is 11.5 Å². The normalized spacial score (nSPS) is 12.0. The van der Waals surface area contributed by atoms with Crippen molar-refractivity contribution in [2.24, 2.45) is 13.0 Å². The molecule has 0 aliphatic carbocycles. The quantitative estimate of drug-likeness (QED) is 0.801. The number of aromatic nitrogens is 2. The van der Waals surface area contributed by atoms with Crippen molar-refractivity contribution in [2.75, 3.05) is 6.54 Å². The molecule has 7 heteroatoms.